The van der Waals surface area contributed by atoms with E-state index in [0.717, 1.165) is 19.0 Å². The summed E-state index contributed by atoms with van der Waals surface area (Å²) in [5.74, 6) is 1.01. The molecule has 0 aromatic carbocycles. The van der Waals surface area contributed by atoms with Crippen LogP contribution >= 0.6 is 0 Å². The topological polar surface area (TPSA) is 24.1 Å². The van der Waals surface area contributed by atoms with Crippen molar-refractivity contribution in [3.8, 4) is 0 Å². The van der Waals surface area contributed by atoms with Gasteiger partial charge in [0.25, 0.3) is 0 Å². The quantitative estimate of drug-likeness (QED) is 0.634. The molecule has 2 fully saturated rings. The largest absolute Gasteiger partial charge is 0.315 e. The molecule has 0 radical (unpaired) electrons. The summed E-state index contributed by atoms with van der Waals surface area (Å²) < 4.78 is 0. The predicted octanol–water partition coefficient (Wildman–Crippen LogP) is 1.91. The third-order valence-corrected chi connectivity index (χ3v) is 3.69. The fourth-order valence-electron chi connectivity index (χ4n) is 2.41. The second kappa shape index (κ2) is 4.63. The molecule has 2 heteroatoms. The number of nitrogens with one attached hydrogen (secondary N) is 2. The summed E-state index contributed by atoms with van der Waals surface area (Å²) in [7, 11) is 0. The van der Waals surface area contributed by atoms with E-state index in [2.05, 4.69) is 17.6 Å². The monoisotopic (exact) mass is 196 g/mol. The Hall–Kier alpha value is -0.0800. The normalized spacial score (nSPS) is 25.5. The van der Waals surface area contributed by atoms with Gasteiger partial charge in [0.05, 0.1) is 0 Å². The van der Waals surface area contributed by atoms with Gasteiger partial charge in [-0.15, -0.1) is 0 Å². The first-order valence-corrected chi connectivity index (χ1v) is 6.24. The molecular formula is C12H24N2. The summed E-state index contributed by atoms with van der Waals surface area (Å²) >= 11 is 0. The summed E-state index contributed by atoms with van der Waals surface area (Å²) in [6.07, 6.45) is 8.49. The summed E-state index contributed by atoms with van der Waals surface area (Å²) in [5, 5.41) is 7.22. The minimum Gasteiger partial charge on any atom is -0.315 e. The third-order valence-electron chi connectivity index (χ3n) is 3.69. The molecule has 0 aromatic heterocycles. The highest BCUT2D eigenvalue weighted by Gasteiger charge is 2.27. The Morgan fingerprint density at radius 2 is 1.86 bits per heavy atom. The Morgan fingerprint density at radius 1 is 1.14 bits per heavy atom. The van der Waals surface area contributed by atoms with Crippen molar-refractivity contribution in [2.45, 2.75) is 51.0 Å². The molecule has 14 heavy (non-hydrogen) atoms. The maximum absolute atomic E-state index is 3.69. The maximum atomic E-state index is 3.69. The van der Waals surface area contributed by atoms with E-state index in [0.29, 0.717) is 5.54 Å². The van der Waals surface area contributed by atoms with Crippen LogP contribution in [-0.2, 0) is 0 Å². The van der Waals surface area contributed by atoms with Crippen LogP contribution in [0, 0.1) is 5.92 Å². The first-order chi connectivity index (χ1) is 6.79. The lowest BCUT2D eigenvalue weighted by Crippen LogP contribution is -2.43. The second-order valence-corrected chi connectivity index (χ2v) is 5.34. The van der Waals surface area contributed by atoms with Gasteiger partial charge >= 0.3 is 0 Å². The molecule has 0 spiro atoms. The van der Waals surface area contributed by atoms with Crippen LogP contribution in [0.25, 0.3) is 0 Å². The van der Waals surface area contributed by atoms with Crippen LogP contribution in [0.3, 0.4) is 0 Å². The summed E-state index contributed by atoms with van der Waals surface area (Å²) in [6, 6.07) is 0. The Morgan fingerprint density at radius 3 is 2.50 bits per heavy atom. The van der Waals surface area contributed by atoms with Crippen molar-refractivity contribution in [2.24, 2.45) is 5.92 Å². The smallest absolute Gasteiger partial charge is 0.0153 e. The Labute approximate surface area is 87.8 Å². The zero-order valence-corrected chi connectivity index (χ0v) is 9.44. The van der Waals surface area contributed by atoms with Gasteiger partial charge in [-0.1, -0.05) is 12.8 Å². The van der Waals surface area contributed by atoms with Gasteiger partial charge in [-0.05, 0) is 45.1 Å². The van der Waals surface area contributed by atoms with Gasteiger partial charge in [0.2, 0.25) is 0 Å². The van der Waals surface area contributed by atoms with Gasteiger partial charge in [0, 0.05) is 18.6 Å². The lowest BCUT2D eigenvalue weighted by molar-refractivity contribution is 0.363. The van der Waals surface area contributed by atoms with Crippen LogP contribution in [0.5, 0.6) is 0 Å². The molecule has 2 N–H and O–H groups in total. The minimum atomic E-state index is 0.460. The van der Waals surface area contributed by atoms with E-state index in [1.54, 1.807) is 0 Å². The molecule has 2 nitrogen and oxygen atoms in total. The fraction of sp³-hybridized carbons (Fsp3) is 1.00. The molecule has 2 saturated carbocycles. The summed E-state index contributed by atoms with van der Waals surface area (Å²) in [6.45, 7) is 5.91. The lowest BCUT2D eigenvalue weighted by Gasteiger charge is -2.25. The van der Waals surface area contributed by atoms with Crippen LogP contribution in [0.15, 0.2) is 0 Å². The molecule has 0 atom stereocenters. The zero-order chi connectivity index (χ0) is 9.86. The molecule has 2 rings (SSSR count). The van der Waals surface area contributed by atoms with E-state index in [1.165, 1.54) is 45.1 Å². The van der Waals surface area contributed by atoms with Gasteiger partial charge < -0.3 is 10.6 Å². The molecule has 0 heterocycles. The van der Waals surface area contributed by atoms with Crippen molar-refractivity contribution in [1.82, 2.24) is 10.6 Å². The highest BCUT2D eigenvalue weighted by Crippen LogP contribution is 2.28. The standard InChI is InChI=1S/C12H24N2/c1-12(6-2-3-7-12)14-9-8-13-10-11-4-5-11/h11,13-14H,2-10H2,1H3. The van der Waals surface area contributed by atoms with Gasteiger partial charge in [0.1, 0.15) is 0 Å². The number of hydrogen-bond acceptors (Lipinski definition) is 2. The van der Waals surface area contributed by atoms with Crippen molar-refractivity contribution in [3.05, 3.63) is 0 Å². The second-order valence-electron chi connectivity index (χ2n) is 5.34. The number of hydrogen-bond donors (Lipinski definition) is 2. The molecule has 0 unspecified atom stereocenters. The molecule has 0 aliphatic heterocycles. The van der Waals surface area contributed by atoms with Crippen molar-refractivity contribution in [3.63, 3.8) is 0 Å². The van der Waals surface area contributed by atoms with E-state index < -0.39 is 0 Å². The van der Waals surface area contributed by atoms with Crippen LogP contribution in [-0.4, -0.2) is 25.2 Å². The maximum Gasteiger partial charge on any atom is 0.0153 e. The highest BCUT2D eigenvalue weighted by molar-refractivity contribution is 4.88. The number of rotatable bonds is 6. The average Bonchev–Trinajstić information content (AvgIpc) is 2.89. The van der Waals surface area contributed by atoms with Crippen molar-refractivity contribution >= 4 is 0 Å². The first kappa shape index (κ1) is 10.4. The van der Waals surface area contributed by atoms with Crippen LogP contribution in [0.2, 0.25) is 0 Å². The summed E-state index contributed by atoms with van der Waals surface area (Å²) in [5.41, 5.74) is 0.460. The van der Waals surface area contributed by atoms with Crippen molar-refractivity contribution in [2.75, 3.05) is 19.6 Å². The minimum absolute atomic E-state index is 0.460. The van der Waals surface area contributed by atoms with E-state index in [-0.39, 0.29) is 0 Å². The van der Waals surface area contributed by atoms with E-state index in [1.807, 2.05) is 0 Å². The lowest BCUT2D eigenvalue weighted by atomic mass is 10.0. The van der Waals surface area contributed by atoms with Crippen LogP contribution in [0.1, 0.15) is 45.4 Å². The van der Waals surface area contributed by atoms with Crippen LogP contribution < -0.4 is 10.6 Å². The molecular weight excluding hydrogens is 172 g/mol. The Balaban J connectivity index is 1.48. The van der Waals surface area contributed by atoms with E-state index >= 15 is 0 Å². The molecule has 0 amide bonds. The Kier molecular flexibility index (Phi) is 3.45. The van der Waals surface area contributed by atoms with Crippen molar-refractivity contribution < 1.29 is 0 Å². The van der Waals surface area contributed by atoms with Gasteiger partial charge in [-0.3, -0.25) is 0 Å². The van der Waals surface area contributed by atoms with E-state index in [4.69, 9.17) is 0 Å². The van der Waals surface area contributed by atoms with Crippen molar-refractivity contribution in [1.29, 1.82) is 0 Å². The van der Waals surface area contributed by atoms with Gasteiger partial charge in [0.15, 0.2) is 0 Å². The molecule has 82 valence electrons. The predicted molar refractivity (Wildman–Crippen MR) is 60.5 cm³/mol. The fourth-order valence-corrected chi connectivity index (χ4v) is 2.41. The molecule has 2 aliphatic rings. The summed E-state index contributed by atoms with van der Waals surface area (Å²) in [4.78, 5) is 0. The average molecular weight is 196 g/mol. The zero-order valence-electron chi connectivity index (χ0n) is 9.44. The highest BCUT2D eigenvalue weighted by atomic mass is 15.0. The molecule has 0 saturated heterocycles. The molecule has 0 aromatic rings. The van der Waals surface area contributed by atoms with Crippen LogP contribution in [0.4, 0.5) is 0 Å². The molecule has 2 aliphatic carbocycles. The van der Waals surface area contributed by atoms with Gasteiger partial charge in [-0.2, -0.15) is 0 Å². The SMILES string of the molecule is CC1(NCCNCC2CC2)CCCC1. The first-order valence-electron chi connectivity index (χ1n) is 6.24. The van der Waals surface area contributed by atoms with Gasteiger partial charge in [-0.25, -0.2) is 0 Å². The van der Waals surface area contributed by atoms with E-state index in [9.17, 15) is 0 Å². The molecule has 0 bridgehead atoms. The Bertz CT molecular complexity index is 169. The third kappa shape index (κ3) is 3.25.